The monoisotopic (exact) mass is 364 g/mol. The Morgan fingerprint density at radius 1 is 1.24 bits per heavy atom. The second-order valence-electron chi connectivity index (χ2n) is 4.71. The number of benzene rings is 2. The molecule has 0 radical (unpaired) electrons. The highest BCUT2D eigenvalue weighted by Crippen LogP contribution is 2.28. The van der Waals surface area contributed by atoms with Crippen molar-refractivity contribution in [3.63, 3.8) is 0 Å². The lowest BCUT2D eigenvalue weighted by molar-refractivity contribution is -0.127. The van der Waals surface area contributed by atoms with Gasteiger partial charge in [-0.25, -0.2) is 0 Å². The van der Waals surface area contributed by atoms with Crippen LogP contribution in [0.3, 0.4) is 0 Å². The van der Waals surface area contributed by atoms with E-state index in [0.717, 1.165) is 14.9 Å². The number of nitrogens with two attached hydrogens (primary N) is 1. The Labute approximate surface area is 137 Å². The van der Waals surface area contributed by atoms with Gasteiger partial charge >= 0.3 is 0 Å². The van der Waals surface area contributed by atoms with Crippen molar-refractivity contribution in [1.29, 1.82) is 0 Å². The summed E-state index contributed by atoms with van der Waals surface area (Å²) in [5.41, 5.74) is 7.73. The number of amides is 1. The molecule has 0 fully saturated rings. The van der Waals surface area contributed by atoms with Crippen LogP contribution in [-0.4, -0.2) is 23.6 Å². The van der Waals surface area contributed by atoms with Crippen LogP contribution in [0.5, 0.6) is 0 Å². The Hall–Kier alpha value is -1.46. The highest BCUT2D eigenvalue weighted by molar-refractivity contribution is 9.10. The molecule has 0 aromatic heterocycles. The summed E-state index contributed by atoms with van der Waals surface area (Å²) in [6, 6.07) is 15.6. The number of thioether (sulfide) groups is 1. The Balaban J connectivity index is 1.91. The quantitative estimate of drug-likeness (QED) is 0.648. The Bertz CT molecular complexity index is 619. The van der Waals surface area contributed by atoms with Crippen molar-refractivity contribution in [1.82, 2.24) is 4.90 Å². The van der Waals surface area contributed by atoms with Gasteiger partial charge in [-0.05, 0) is 23.8 Å². The number of carbonyl (C=O) groups is 1. The van der Waals surface area contributed by atoms with Crippen molar-refractivity contribution in [3.8, 4) is 0 Å². The van der Waals surface area contributed by atoms with Crippen molar-refractivity contribution < 1.29 is 4.79 Å². The van der Waals surface area contributed by atoms with Crippen LogP contribution >= 0.6 is 27.7 Å². The second-order valence-corrected chi connectivity index (χ2v) is 6.64. The van der Waals surface area contributed by atoms with E-state index >= 15 is 0 Å². The van der Waals surface area contributed by atoms with E-state index in [9.17, 15) is 4.79 Å². The maximum Gasteiger partial charge on any atom is 0.232 e. The molecule has 0 aliphatic rings. The molecule has 0 bridgehead atoms. The standard InChI is InChI=1S/C16H17BrN2OS/c1-19(10-12-5-3-2-4-6-12)16(20)11-21-15-9-13(17)7-8-14(15)18/h2-9H,10-11,18H2,1H3. The van der Waals surface area contributed by atoms with Crippen LogP contribution in [0.15, 0.2) is 57.9 Å². The van der Waals surface area contributed by atoms with Crippen LogP contribution in [0.25, 0.3) is 0 Å². The predicted molar refractivity (Wildman–Crippen MR) is 92.2 cm³/mol. The van der Waals surface area contributed by atoms with Gasteiger partial charge < -0.3 is 10.6 Å². The van der Waals surface area contributed by atoms with E-state index in [1.54, 1.807) is 4.90 Å². The highest BCUT2D eigenvalue weighted by Gasteiger charge is 2.11. The molecular weight excluding hydrogens is 348 g/mol. The van der Waals surface area contributed by atoms with E-state index < -0.39 is 0 Å². The maximum atomic E-state index is 12.2. The smallest absolute Gasteiger partial charge is 0.232 e. The van der Waals surface area contributed by atoms with Crippen molar-refractivity contribution in [2.24, 2.45) is 0 Å². The second kappa shape index (κ2) is 7.52. The summed E-state index contributed by atoms with van der Waals surface area (Å²) in [4.78, 5) is 14.8. The SMILES string of the molecule is CN(Cc1ccccc1)C(=O)CSc1cc(Br)ccc1N. The lowest BCUT2D eigenvalue weighted by atomic mass is 10.2. The van der Waals surface area contributed by atoms with Gasteiger partial charge in [0, 0.05) is 28.6 Å². The number of nitrogen functional groups attached to an aromatic ring is 1. The molecule has 1 amide bonds. The number of halogens is 1. The zero-order valence-electron chi connectivity index (χ0n) is 11.8. The summed E-state index contributed by atoms with van der Waals surface area (Å²) in [5, 5.41) is 0. The fourth-order valence-corrected chi connectivity index (χ4v) is 3.29. The molecule has 2 aromatic carbocycles. The molecule has 110 valence electrons. The van der Waals surface area contributed by atoms with Gasteiger partial charge in [-0.2, -0.15) is 0 Å². The first-order valence-corrected chi connectivity index (χ1v) is 8.30. The molecule has 2 aromatic rings. The van der Waals surface area contributed by atoms with Crippen LogP contribution in [-0.2, 0) is 11.3 Å². The fraction of sp³-hybridized carbons (Fsp3) is 0.188. The summed E-state index contributed by atoms with van der Waals surface area (Å²) < 4.78 is 0.962. The van der Waals surface area contributed by atoms with Crippen molar-refractivity contribution in [3.05, 3.63) is 58.6 Å². The van der Waals surface area contributed by atoms with E-state index in [0.29, 0.717) is 18.0 Å². The Kier molecular flexibility index (Phi) is 5.70. The van der Waals surface area contributed by atoms with Gasteiger partial charge in [-0.15, -0.1) is 11.8 Å². The maximum absolute atomic E-state index is 12.2. The third-order valence-electron chi connectivity index (χ3n) is 3.02. The Morgan fingerprint density at radius 3 is 2.67 bits per heavy atom. The lowest BCUT2D eigenvalue weighted by Crippen LogP contribution is -2.27. The summed E-state index contributed by atoms with van der Waals surface area (Å²) in [6.07, 6.45) is 0. The van der Waals surface area contributed by atoms with E-state index in [4.69, 9.17) is 5.73 Å². The molecule has 3 nitrogen and oxygen atoms in total. The summed E-state index contributed by atoms with van der Waals surface area (Å²) in [5.74, 6) is 0.465. The average Bonchev–Trinajstić information content (AvgIpc) is 2.49. The lowest BCUT2D eigenvalue weighted by Gasteiger charge is -2.17. The average molecular weight is 365 g/mol. The van der Waals surface area contributed by atoms with Crippen molar-refractivity contribution in [2.75, 3.05) is 18.5 Å². The molecule has 21 heavy (non-hydrogen) atoms. The Morgan fingerprint density at radius 2 is 1.95 bits per heavy atom. The third-order valence-corrected chi connectivity index (χ3v) is 4.56. The first kappa shape index (κ1) is 15.9. The van der Waals surface area contributed by atoms with Crippen molar-refractivity contribution in [2.45, 2.75) is 11.4 Å². The third kappa shape index (κ3) is 4.79. The predicted octanol–water partition coefficient (Wildman–Crippen LogP) is 3.78. The number of hydrogen-bond acceptors (Lipinski definition) is 3. The molecule has 5 heteroatoms. The van der Waals surface area contributed by atoms with E-state index in [1.165, 1.54) is 11.8 Å². The van der Waals surface area contributed by atoms with Gasteiger partial charge in [0.25, 0.3) is 0 Å². The van der Waals surface area contributed by atoms with Gasteiger partial charge in [-0.3, -0.25) is 4.79 Å². The minimum atomic E-state index is 0.0863. The minimum absolute atomic E-state index is 0.0863. The van der Waals surface area contributed by atoms with Crippen LogP contribution in [0.4, 0.5) is 5.69 Å². The van der Waals surface area contributed by atoms with Gasteiger partial charge in [0.15, 0.2) is 0 Å². The number of carbonyl (C=O) groups excluding carboxylic acids is 1. The van der Waals surface area contributed by atoms with Gasteiger partial charge in [-0.1, -0.05) is 46.3 Å². The topological polar surface area (TPSA) is 46.3 Å². The molecule has 2 N–H and O–H groups in total. The summed E-state index contributed by atoms with van der Waals surface area (Å²) in [6.45, 7) is 0.619. The number of hydrogen-bond donors (Lipinski definition) is 1. The van der Waals surface area contributed by atoms with Gasteiger partial charge in [0.05, 0.1) is 5.75 Å². The molecule has 0 saturated carbocycles. The summed E-state index contributed by atoms with van der Waals surface area (Å²) >= 11 is 4.87. The molecule has 0 atom stereocenters. The molecule has 0 aliphatic heterocycles. The number of rotatable bonds is 5. The fourth-order valence-electron chi connectivity index (χ4n) is 1.83. The van der Waals surface area contributed by atoms with Gasteiger partial charge in [0.1, 0.15) is 0 Å². The molecule has 2 rings (SSSR count). The van der Waals surface area contributed by atoms with Crippen LogP contribution in [0.1, 0.15) is 5.56 Å². The normalized spacial score (nSPS) is 10.4. The van der Waals surface area contributed by atoms with Crippen LogP contribution in [0, 0.1) is 0 Å². The minimum Gasteiger partial charge on any atom is -0.398 e. The molecule has 0 heterocycles. The van der Waals surface area contributed by atoms with Crippen LogP contribution < -0.4 is 5.73 Å². The first-order chi connectivity index (χ1) is 10.1. The van der Waals surface area contributed by atoms with E-state index in [1.807, 2.05) is 55.6 Å². The van der Waals surface area contributed by atoms with Crippen molar-refractivity contribution >= 4 is 39.3 Å². The molecule has 0 spiro atoms. The number of nitrogens with zero attached hydrogens (tertiary/aromatic N) is 1. The van der Waals surface area contributed by atoms with E-state index in [2.05, 4.69) is 15.9 Å². The number of anilines is 1. The molecular formula is C16H17BrN2OS. The molecule has 0 saturated heterocycles. The zero-order valence-corrected chi connectivity index (χ0v) is 14.2. The first-order valence-electron chi connectivity index (χ1n) is 6.52. The zero-order chi connectivity index (χ0) is 15.2. The largest absolute Gasteiger partial charge is 0.398 e. The van der Waals surface area contributed by atoms with E-state index in [-0.39, 0.29) is 5.91 Å². The summed E-state index contributed by atoms with van der Waals surface area (Å²) in [7, 11) is 1.82. The van der Waals surface area contributed by atoms with Crippen LogP contribution in [0.2, 0.25) is 0 Å². The van der Waals surface area contributed by atoms with Gasteiger partial charge in [0.2, 0.25) is 5.91 Å². The molecule has 0 unspecified atom stereocenters. The highest BCUT2D eigenvalue weighted by atomic mass is 79.9. The molecule has 0 aliphatic carbocycles.